The molecule has 0 heterocycles. The second-order valence-corrected chi connectivity index (χ2v) is 6.14. The third-order valence-corrected chi connectivity index (χ3v) is 3.79. The molecule has 0 aromatic rings. The Kier molecular flexibility index (Phi) is 12.4. The molecule has 0 aliphatic carbocycles. The van der Waals surface area contributed by atoms with Crippen LogP contribution in [-0.4, -0.2) is 31.6 Å². The van der Waals surface area contributed by atoms with Gasteiger partial charge in [0.2, 0.25) is 6.43 Å². The summed E-state index contributed by atoms with van der Waals surface area (Å²) >= 11 is 0. The predicted octanol–water partition coefficient (Wildman–Crippen LogP) is 4.20. The first-order valence-electron chi connectivity index (χ1n) is 8.20. The second kappa shape index (κ2) is 12.5. The van der Waals surface area contributed by atoms with E-state index in [2.05, 4.69) is 38.3 Å². The average molecular weight is 292 g/mol. The molecule has 122 valence electrons. The number of hydrogen-bond acceptors (Lipinski definition) is 2. The Balaban J connectivity index is 3.57. The smallest absolute Gasteiger partial charge is 0.239 e. The maximum Gasteiger partial charge on any atom is 0.239 e. The summed E-state index contributed by atoms with van der Waals surface area (Å²) < 4.78 is 24.0. The van der Waals surface area contributed by atoms with Gasteiger partial charge in [0.25, 0.3) is 0 Å². The highest BCUT2D eigenvalue weighted by atomic mass is 19.3. The predicted molar refractivity (Wildman–Crippen MR) is 83.5 cm³/mol. The van der Waals surface area contributed by atoms with Gasteiger partial charge in [-0.3, -0.25) is 0 Å². The van der Waals surface area contributed by atoms with Gasteiger partial charge in [0.15, 0.2) is 0 Å². The molecule has 0 bridgehead atoms. The van der Waals surface area contributed by atoms with E-state index >= 15 is 0 Å². The van der Waals surface area contributed by atoms with Crippen LogP contribution >= 0.6 is 0 Å². The number of halogens is 2. The van der Waals surface area contributed by atoms with Crippen molar-refractivity contribution < 1.29 is 8.78 Å². The van der Waals surface area contributed by atoms with Crippen LogP contribution in [0.1, 0.15) is 66.2 Å². The largest absolute Gasteiger partial charge is 0.315 e. The maximum atomic E-state index is 12.0. The first-order chi connectivity index (χ1) is 9.45. The highest BCUT2D eigenvalue weighted by Gasteiger charge is 2.09. The fourth-order valence-corrected chi connectivity index (χ4v) is 2.38. The van der Waals surface area contributed by atoms with Crippen molar-refractivity contribution in [2.75, 3.05) is 13.1 Å². The molecule has 0 amide bonds. The summed E-state index contributed by atoms with van der Waals surface area (Å²) in [4.78, 5) is 0. The van der Waals surface area contributed by atoms with Crippen LogP contribution in [0.2, 0.25) is 0 Å². The summed E-state index contributed by atoms with van der Waals surface area (Å²) in [6, 6.07) is 0.909. The Labute approximate surface area is 124 Å². The molecule has 0 spiro atoms. The molecular weight excluding hydrogens is 258 g/mol. The Morgan fingerprint density at radius 1 is 0.850 bits per heavy atom. The number of nitrogens with one attached hydrogen (secondary N) is 2. The lowest BCUT2D eigenvalue weighted by Gasteiger charge is -2.18. The number of rotatable bonds is 13. The molecule has 4 heteroatoms. The van der Waals surface area contributed by atoms with Crippen LogP contribution in [0.4, 0.5) is 8.78 Å². The van der Waals surface area contributed by atoms with E-state index in [1.165, 1.54) is 25.7 Å². The number of hydrogen-bond donors (Lipinski definition) is 2. The molecule has 0 aliphatic rings. The van der Waals surface area contributed by atoms with Crippen LogP contribution in [0.3, 0.4) is 0 Å². The third-order valence-electron chi connectivity index (χ3n) is 3.79. The molecule has 20 heavy (non-hydrogen) atoms. The Bertz CT molecular complexity index is 211. The standard InChI is InChI=1S/C16H34F2N2/c1-5-15(9-11-19-13(2)3)8-6-7-14(4)20-12-10-16(17)18/h13-16,19-20H,5-12H2,1-4H3. The zero-order valence-corrected chi connectivity index (χ0v) is 13.7. The van der Waals surface area contributed by atoms with Crippen molar-refractivity contribution in [3.63, 3.8) is 0 Å². The van der Waals surface area contributed by atoms with Crippen LogP contribution in [0.5, 0.6) is 0 Å². The van der Waals surface area contributed by atoms with E-state index in [4.69, 9.17) is 0 Å². The zero-order valence-electron chi connectivity index (χ0n) is 13.7. The van der Waals surface area contributed by atoms with Crippen LogP contribution in [0, 0.1) is 5.92 Å². The summed E-state index contributed by atoms with van der Waals surface area (Å²) in [5.41, 5.74) is 0. The van der Waals surface area contributed by atoms with E-state index in [-0.39, 0.29) is 6.42 Å². The molecule has 0 fully saturated rings. The minimum Gasteiger partial charge on any atom is -0.315 e. The third kappa shape index (κ3) is 12.8. The lowest BCUT2D eigenvalue weighted by Crippen LogP contribution is -2.28. The molecule has 2 N–H and O–H groups in total. The summed E-state index contributed by atoms with van der Waals surface area (Å²) in [5.74, 6) is 0.787. The average Bonchev–Trinajstić information content (AvgIpc) is 2.36. The van der Waals surface area contributed by atoms with Gasteiger partial charge in [-0.2, -0.15) is 0 Å². The summed E-state index contributed by atoms with van der Waals surface area (Å²) in [7, 11) is 0. The molecule has 0 saturated carbocycles. The van der Waals surface area contributed by atoms with Crippen LogP contribution < -0.4 is 10.6 Å². The van der Waals surface area contributed by atoms with Gasteiger partial charge < -0.3 is 10.6 Å². The van der Waals surface area contributed by atoms with Crippen molar-refractivity contribution in [3.05, 3.63) is 0 Å². The fourth-order valence-electron chi connectivity index (χ4n) is 2.38. The zero-order chi connectivity index (χ0) is 15.4. The Morgan fingerprint density at radius 3 is 2.05 bits per heavy atom. The van der Waals surface area contributed by atoms with E-state index in [0.29, 0.717) is 18.6 Å². The summed E-state index contributed by atoms with van der Waals surface area (Å²) in [6.07, 6.45) is 3.75. The van der Waals surface area contributed by atoms with Crippen molar-refractivity contribution in [1.29, 1.82) is 0 Å². The first-order valence-corrected chi connectivity index (χ1v) is 8.20. The minimum atomic E-state index is -2.19. The van der Waals surface area contributed by atoms with Crippen molar-refractivity contribution in [3.8, 4) is 0 Å². The van der Waals surface area contributed by atoms with Crippen LogP contribution in [0.15, 0.2) is 0 Å². The van der Waals surface area contributed by atoms with Crippen LogP contribution in [-0.2, 0) is 0 Å². The van der Waals surface area contributed by atoms with Gasteiger partial charge in [-0.25, -0.2) is 8.78 Å². The van der Waals surface area contributed by atoms with Gasteiger partial charge in [0, 0.05) is 25.0 Å². The van der Waals surface area contributed by atoms with E-state index in [9.17, 15) is 8.78 Å². The van der Waals surface area contributed by atoms with E-state index < -0.39 is 6.43 Å². The second-order valence-electron chi connectivity index (χ2n) is 6.14. The highest BCUT2D eigenvalue weighted by Crippen LogP contribution is 2.17. The topological polar surface area (TPSA) is 24.1 Å². The molecule has 2 unspecified atom stereocenters. The molecule has 2 atom stereocenters. The summed E-state index contributed by atoms with van der Waals surface area (Å²) in [6.45, 7) is 10.2. The van der Waals surface area contributed by atoms with Gasteiger partial charge in [-0.15, -0.1) is 0 Å². The van der Waals surface area contributed by atoms with Crippen LogP contribution in [0.25, 0.3) is 0 Å². The SMILES string of the molecule is CCC(CCCC(C)NCCC(F)F)CCNC(C)C. The fraction of sp³-hybridized carbons (Fsp3) is 1.00. The lowest BCUT2D eigenvalue weighted by atomic mass is 9.94. The lowest BCUT2D eigenvalue weighted by molar-refractivity contribution is 0.136. The van der Waals surface area contributed by atoms with Crippen molar-refractivity contribution >= 4 is 0 Å². The number of alkyl halides is 2. The molecule has 0 aliphatic heterocycles. The van der Waals surface area contributed by atoms with E-state index in [0.717, 1.165) is 18.9 Å². The molecule has 0 aromatic carbocycles. The quantitative estimate of drug-likeness (QED) is 0.531. The van der Waals surface area contributed by atoms with Gasteiger partial charge in [0.1, 0.15) is 0 Å². The van der Waals surface area contributed by atoms with Crippen molar-refractivity contribution in [2.24, 2.45) is 5.92 Å². The molecule has 0 aromatic heterocycles. The Hall–Kier alpha value is -0.220. The maximum absolute atomic E-state index is 12.0. The first kappa shape index (κ1) is 19.8. The molecule has 0 saturated heterocycles. The Morgan fingerprint density at radius 2 is 1.50 bits per heavy atom. The monoisotopic (exact) mass is 292 g/mol. The normalized spacial score (nSPS) is 15.0. The molecule has 0 rings (SSSR count). The molecule has 0 radical (unpaired) electrons. The van der Waals surface area contributed by atoms with Crippen molar-refractivity contribution in [1.82, 2.24) is 10.6 Å². The molecule has 2 nitrogen and oxygen atoms in total. The summed E-state index contributed by atoms with van der Waals surface area (Å²) in [5, 5.41) is 6.64. The molecular formula is C16H34F2N2. The van der Waals surface area contributed by atoms with Crippen molar-refractivity contribution in [2.45, 2.75) is 84.7 Å². The van der Waals surface area contributed by atoms with E-state index in [1.54, 1.807) is 0 Å². The highest BCUT2D eigenvalue weighted by molar-refractivity contribution is 4.65. The van der Waals surface area contributed by atoms with Gasteiger partial charge >= 0.3 is 0 Å². The van der Waals surface area contributed by atoms with Gasteiger partial charge in [0.05, 0.1) is 0 Å². The van der Waals surface area contributed by atoms with Gasteiger partial charge in [-0.1, -0.05) is 40.0 Å². The van der Waals surface area contributed by atoms with Gasteiger partial charge in [-0.05, 0) is 32.2 Å². The minimum absolute atomic E-state index is 0.0389. The van der Waals surface area contributed by atoms with E-state index in [1.807, 2.05) is 0 Å².